The number of rotatable bonds is 7. The Balaban J connectivity index is 1.18. The van der Waals surface area contributed by atoms with Crippen molar-refractivity contribution in [2.75, 3.05) is 18.0 Å². The number of anilines is 1. The molecule has 1 saturated heterocycles. The zero-order valence-electron chi connectivity index (χ0n) is 21.6. The number of piperidine rings is 1. The molecule has 5 aromatic heterocycles. The van der Waals surface area contributed by atoms with Gasteiger partial charge in [0.25, 0.3) is 0 Å². The lowest BCUT2D eigenvalue weighted by Crippen LogP contribution is -2.30. The molecular formula is C30H29N9. The van der Waals surface area contributed by atoms with Gasteiger partial charge < -0.3 is 15.2 Å². The number of imidazole rings is 1. The normalized spacial score (nSPS) is 13.9. The first-order valence-corrected chi connectivity index (χ1v) is 13.5. The van der Waals surface area contributed by atoms with Crippen LogP contribution < -0.4 is 10.2 Å². The van der Waals surface area contributed by atoms with Gasteiger partial charge in [0.2, 0.25) is 0 Å². The maximum absolute atomic E-state index is 4.99. The SMILES string of the molecule is c1ccc(CNCc2cncc(-c3ccc4[nH]nc(-c5nc6c(N7CCCCC7)nccc6[nH]5)c4n3)c2)cc1. The Bertz CT molecular complexity index is 1730. The van der Waals surface area contributed by atoms with Gasteiger partial charge in [-0.3, -0.25) is 10.1 Å². The predicted molar refractivity (Wildman–Crippen MR) is 153 cm³/mol. The molecule has 0 unspecified atom stereocenters. The van der Waals surface area contributed by atoms with Crippen LogP contribution in [0.15, 0.2) is 73.2 Å². The van der Waals surface area contributed by atoms with Gasteiger partial charge in [-0.25, -0.2) is 15.0 Å². The van der Waals surface area contributed by atoms with Crippen LogP contribution in [0.3, 0.4) is 0 Å². The second kappa shape index (κ2) is 10.3. The van der Waals surface area contributed by atoms with E-state index in [1.54, 1.807) is 0 Å². The third kappa shape index (κ3) is 4.72. The van der Waals surface area contributed by atoms with Crippen molar-refractivity contribution in [3.63, 3.8) is 0 Å². The lowest BCUT2D eigenvalue weighted by Gasteiger charge is -2.27. The molecule has 6 aromatic rings. The third-order valence-electron chi connectivity index (χ3n) is 7.26. The monoisotopic (exact) mass is 515 g/mol. The zero-order chi connectivity index (χ0) is 26.0. The molecule has 0 saturated carbocycles. The molecule has 0 aliphatic carbocycles. The molecule has 1 aliphatic heterocycles. The highest BCUT2D eigenvalue weighted by Gasteiger charge is 2.20. The third-order valence-corrected chi connectivity index (χ3v) is 7.26. The molecule has 1 aliphatic rings. The molecule has 6 heterocycles. The van der Waals surface area contributed by atoms with E-state index < -0.39 is 0 Å². The highest BCUT2D eigenvalue weighted by Crippen LogP contribution is 2.31. The van der Waals surface area contributed by atoms with Crippen LogP contribution in [0.25, 0.3) is 44.8 Å². The largest absolute Gasteiger partial charge is 0.355 e. The number of nitrogens with zero attached hydrogens (tertiary/aromatic N) is 6. The van der Waals surface area contributed by atoms with Gasteiger partial charge in [0.1, 0.15) is 11.0 Å². The van der Waals surface area contributed by atoms with Crippen LogP contribution >= 0.6 is 0 Å². The van der Waals surface area contributed by atoms with E-state index in [2.05, 4.69) is 65.7 Å². The molecule has 1 fully saturated rings. The van der Waals surface area contributed by atoms with Crippen molar-refractivity contribution < 1.29 is 0 Å². The number of nitrogens with one attached hydrogen (secondary N) is 3. The van der Waals surface area contributed by atoms with E-state index in [0.717, 1.165) is 70.9 Å². The van der Waals surface area contributed by atoms with Crippen molar-refractivity contribution in [3.8, 4) is 22.8 Å². The quantitative estimate of drug-likeness (QED) is 0.267. The number of fused-ring (bicyclic) bond motifs is 2. The molecule has 0 bridgehead atoms. The Morgan fingerprint density at radius 1 is 0.821 bits per heavy atom. The summed E-state index contributed by atoms with van der Waals surface area (Å²) in [5.74, 6) is 1.62. The van der Waals surface area contributed by atoms with Crippen molar-refractivity contribution in [2.24, 2.45) is 0 Å². The zero-order valence-corrected chi connectivity index (χ0v) is 21.6. The lowest BCUT2D eigenvalue weighted by atomic mass is 10.1. The fraction of sp³-hybridized carbons (Fsp3) is 0.233. The fourth-order valence-corrected chi connectivity index (χ4v) is 5.27. The van der Waals surface area contributed by atoms with E-state index in [0.29, 0.717) is 11.5 Å². The topological polar surface area (TPSA) is 111 Å². The van der Waals surface area contributed by atoms with Gasteiger partial charge in [-0.15, -0.1) is 0 Å². The molecule has 39 heavy (non-hydrogen) atoms. The summed E-state index contributed by atoms with van der Waals surface area (Å²) in [7, 11) is 0. The van der Waals surface area contributed by atoms with Crippen LogP contribution in [0.4, 0.5) is 5.82 Å². The van der Waals surface area contributed by atoms with Gasteiger partial charge in [0.05, 0.1) is 16.7 Å². The molecule has 0 spiro atoms. The molecule has 0 radical (unpaired) electrons. The molecule has 9 nitrogen and oxygen atoms in total. The van der Waals surface area contributed by atoms with E-state index >= 15 is 0 Å². The number of aromatic nitrogens is 7. The minimum absolute atomic E-state index is 0.684. The summed E-state index contributed by atoms with van der Waals surface area (Å²) in [6.45, 7) is 3.56. The van der Waals surface area contributed by atoms with Gasteiger partial charge in [0, 0.05) is 50.3 Å². The van der Waals surface area contributed by atoms with Crippen molar-refractivity contribution in [3.05, 3.63) is 84.3 Å². The summed E-state index contributed by atoms with van der Waals surface area (Å²) in [6, 6.07) is 18.5. The molecule has 3 N–H and O–H groups in total. The standard InChI is InChI=1S/C30H29N9/c1-3-7-20(8-4-1)16-31-17-21-15-22(19-32-18-21)23-9-10-25-26(34-23)28(38-37-25)29-35-24-11-12-33-30(27(24)36-29)39-13-5-2-6-14-39/h1,3-4,7-12,15,18-19,31H,2,5-6,13-14,16-17H2,(H,35,36)(H,37,38). The second-order valence-electron chi connectivity index (χ2n) is 10.00. The molecule has 7 rings (SSSR count). The van der Waals surface area contributed by atoms with Crippen molar-refractivity contribution in [2.45, 2.75) is 32.4 Å². The number of pyridine rings is 3. The number of aromatic amines is 2. The molecule has 0 atom stereocenters. The van der Waals surface area contributed by atoms with E-state index in [1.807, 2.05) is 42.9 Å². The molecule has 1 aromatic carbocycles. The first kappa shape index (κ1) is 23.5. The Morgan fingerprint density at radius 2 is 1.69 bits per heavy atom. The average Bonchev–Trinajstić information content (AvgIpc) is 3.62. The number of benzene rings is 1. The summed E-state index contributed by atoms with van der Waals surface area (Å²) < 4.78 is 0. The van der Waals surface area contributed by atoms with Crippen molar-refractivity contribution in [1.82, 2.24) is 40.4 Å². The van der Waals surface area contributed by atoms with Crippen molar-refractivity contribution in [1.29, 1.82) is 0 Å². The van der Waals surface area contributed by atoms with Crippen LogP contribution in [0.1, 0.15) is 30.4 Å². The Kier molecular flexibility index (Phi) is 6.18. The fourth-order valence-electron chi connectivity index (χ4n) is 5.27. The van der Waals surface area contributed by atoms with E-state index in [4.69, 9.17) is 9.97 Å². The van der Waals surface area contributed by atoms with Gasteiger partial charge in [-0.1, -0.05) is 30.3 Å². The van der Waals surface area contributed by atoms with Crippen LogP contribution in [0.2, 0.25) is 0 Å². The van der Waals surface area contributed by atoms with Gasteiger partial charge in [-0.2, -0.15) is 5.10 Å². The van der Waals surface area contributed by atoms with Gasteiger partial charge >= 0.3 is 0 Å². The molecule has 194 valence electrons. The summed E-state index contributed by atoms with van der Waals surface area (Å²) in [5, 5.41) is 11.2. The highest BCUT2D eigenvalue weighted by atomic mass is 15.2. The smallest absolute Gasteiger partial charge is 0.161 e. The molecule has 0 amide bonds. The minimum atomic E-state index is 0.684. The summed E-state index contributed by atoms with van der Waals surface area (Å²) in [6.07, 6.45) is 9.24. The second-order valence-corrected chi connectivity index (χ2v) is 10.00. The Labute approximate surface area is 225 Å². The Morgan fingerprint density at radius 3 is 2.59 bits per heavy atom. The summed E-state index contributed by atoms with van der Waals surface area (Å²) in [5.41, 5.74) is 8.32. The van der Waals surface area contributed by atoms with Crippen LogP contribution in [0, 0.1) is 0 Å². The van der Waals surface area contributed by atoms with Crippen LogP contribution in [-0.2, 0) is 13.1 Å². The minimum Gasteiger partial charge on any atom is -0.355 e. The first-order valence-electron chi connectivity index (χ1n) is 13.5. The summed E-state index contributed by atoms with van der Waals surface area (Å²) >= 11 is 0. The maximum atomic E-state index is 4.99. The van der Waals surface area contributed by atoms with Gasteiger partial charge in [0.15, 0.2) is 17.3 Å². The van der Waals surface area contributed by atoms with E-state index in [-0.39, 0.29) is 0 Å². The van der Waals surface area contributed by atoms with E-state index in [1.165, 1.54) is 24.8 Å². The number of hydrogen-bond acceptors (Lipinski definition) is 7. The van der Waals surface area contributed by atoms with E-state index in [9.17, 15) is 0 Å². The number of hydrogen-bond donors (Lipinski definition) is 3. The van der Waals surface area contributed by atoms with Gasteiger partial charge in [-0.05, 0) is 54.7 Å². The molecule has 9 heteroatoms. The molecular weight excluding hydrogens is 486 g/mol. The maximum Gasteiger partial charge on any atom is 0.161 e. The summed E-state index contributed by atoms with van der Waals surface area (Å²) in [4.78, 5) is 24.9. The first-order chi connectivity index (χ1) is 19.3. The average molecular weight is 516 g/mol. The highest BCUT2D eigenvalue weighted by molar-refractivity contribution is 5.93. The van der Waals surface area contributed by atoms with Crippen LogP contribution in [-0.4, -0.2) is 48.2 Å². The van der Waals surface area contributed by atoms with Crippen LogP contribution in [0.5, 0.6) is 0 Å². The predicted octanol–water partition coefficient (Wildman–Crippen LogP) is 5.24. The number of H-pyrrole nitrogens is 2. The van der Waals surface area contributed by atoms with Crippen molar-refractivity contribution >= 4 is 27.9 Å². The lowest BCUT2D eigenvalue weighted by molar-refractivity contribution is 0.574. The Hall–Kier alpha value is -4.63.